The van der Waals surface area contributed by atoms with Crippen molar-refractivity contribution >= 4 is 40.3 Å². The Morgan fingerprint density at radius 3 is 2.65 bits per heavy atom. The lowest BCUT2D eigenvalue weighted by Crippen LogP contribution is -2.41. The van der Waals surface area contributed by atoms with E-state index in [4.69, 9.17) is 4.74 Å². The van der Waals surface area contributed by atoms with Crippen LogP contribution in [0.3, 0.4) is 0 Å². The summed E-state index contributed by atoms with van der Waals surface area (Å²) in [7, 11) is 0. The van der Waals surface area contributed by atoms with Crippen molar-refractivity contribution in [3.05, 3.63) is 42.5 Å². The van der Waals surface area contributed by atoms with Gasteiger partial charge in [0.05, 0.1) is 16.2 Å². The van der Waals surface area contributed by atoms with Gasteiger partial charge in [-0.15, -0.1) is 6.58 Å². The van der Waals surface area contributed by atoms with E-state index in [1.807, 2.05) is 34.7 Å². The van der Waals surface area contributed by atoms with Crippen molar-refractivity contribution in [3.63, 3.8) is 0 Å². The lowest BCUT2D eigenvalue weighted by Gasteiger charge is -2.23. The molecule has 0 spiro atoms. The molecule has 1 aromatic rings. The normalized spacial score (nSPS) is 11.6. The van der Waals surface area contributed by atoms with Crippen LogP contribution < -0.4 is 4.90 Å². The van der Waals surface area contributed by atoms with Gasteiger partial charge in [0.1, 0.15) is 0 Å². The lowest BCUT2D eigenvalue weighted by atomic mass is 10.1. The molecule has 0 radical (unpaired) electrons. The molecule has 20 heavy (non-hydrogen) atoms. The molecule has 0 bridgehead atoms. The summed E-state index contributed by atoms with van der Waals surface area (Å²) >= 11 is 1.99. The van der Waals surface area contributed by atoms with E-state index in [1.165, 1.54) is 0 Å². The van der Waals surface area contributed by atoms with Crippen molar-refractivity contribution in [1.82, 2.24) is 0 Å². The minimum atomic E-state index is -0.641. The van der Waals surface area contributed by atoms with Gasteiger partial charge in [0.15, 0.2) is 0 Å². The van der Waals surface area contributed by atoms with Crippen LogP contribution in [0, 0.1) is 0 Å². The number of carbonyl (C=O) groups is 2. The number of para-hydroxylation sites is 1. The third kappa shape index (κ3) is 4.06. The van der Waals surface area contributed by atoms with Crippen molar-refractivity contribution in [2.45, 2.75) is 24.2 Å². The number of nitrogens with zero attached hydrogens (tertiary/aromatic N) is 1. The molecule has 1 rings (SSSR count). The van der Waals surface area contributed by atoms with Crippen LogP contribution in [-0.2, 0) is 16.0 Å². The number of imide groups is 1. The zero-order valence-corrected chi connectivity index (χ0v) is 13.8. The van der Waals surface area contributed by atoms with Crippen LogP contribution in [0.4, 0.5) is 10.5 Å². The summed E-state index contributed by atoms with van der Waals surface area (Å²) in [6.45, 7) is 7.37. The number of halogens is 1. The predicted octanol–water partition coefficient (Wildman–Crippen LogP) is 3.73. The monoisotopic (exact) mass is 387 g/mol. The summed E-state index contributed by atoms with van der Waals surface area (Å²) in [6.07, 6.45) is 1.67. The topological polar surface area (TPSA) is 46.6 Å². The first-order valence-corrected chi connectivity index (χ1v) is 7.61. The number of allylic oxidation sites excluding steroid dienone is 1. The number of ether oxygens (including phenoxy) is 1. The maximum atomic E-state index is 12.3. The Hall–Kier alpha value is -1.37. The standard InChI is InChI=1S/C15H18INO3/c1-4-8-12-9-6-7-10-13(12)17(14(18)11(3)16)15(19)20-5-2/h4,6-7,9-11H,1,5,8H2,2-3H3. The summed E-state index contributed by atoms with van der Waals surface area (Å²) in [4.78, 5) is 25.5. The summed E-state index contributed by atoms with van der Waals surface area (Å²) < 4.78 is 4.67. The molecule has 0 fully saturated rings. The van der Waals surface area contributed by atoms with E-state index < -0.39 is 6.09 Å². The SMILES string of the molecule is C=CCc1ccccc1N(C(=O)OCC)C(=O)C(C)I. The van der Waals surface area contributed by atoms with Gasteiger partial charge in [-0.3, -0.25) is 4.79 Å². The molecule has 0 aliphatic carbocycles. The minimum Gasteiger partial charge on any atom is -0.449 e. The average Bonchev–Trinajstić information content (AvgIpc) is 2.41. The van der Waals surface area contributed by atoms with E-state index >= 15 is 0 Å². The van der Waals surface area contributed by atoms with Gasteiger partial charge in [0.25, 0.3) is 0 Å². The molecule has 1 aromatic carbocycles. The zero-order valence-electron chi connectivity index (χ0n) is 11.6. The Morgan fingerprint density at radius 2 is 2.10 bits per heavy atom. The molecular weight excluding hydrogens is 369 g/mol. The highest BCUT2D eigenvalue weighted by atomic mass is 127. The highest BCUT2D eigenvalue weighted by Crippen LogP contribution is 2.24. The molecule has 1 unspecified atom stereocenters. The van der Waals surface area contributed by atoms with Gasteiger partial charge in [-0.1, -0.05) is 46.9 Å². The predicted molar refractivity (Wildman–Crippen MR) is 88.3 cm³/mol. The summed E-state index contributed by atoms with van der Waals surface area (Å²) in [5.41, 5.74) is 1.42. The first-order chi connectivity index (χ1) is 9.52. The number of carbonyl (C=O) groups excluding carboxylic acids is 2. The molecule has 0 aliphatic heterocycles. The Balaban J connectivity index is 3.26. The first kappa shape index (κ1) is 16.7. The fourth-order valence-corrected chi connectivity index (χ4v) is 2.01. The molecule has 0 aromatic heterocycles. The quantitative estimate of drug-likeness (QED) is 0.440. The molecule has 0 N–H and O–H groups in total. The van der Waals surface area contributed by atoms with Gasteiger partial charge in [-0.25, -0.2) is 9.69 Å². The summed E-state index contributed by atoms with van der Waals surface area (Å²) in [5, 5.41) is 0. The van der Waals surface area contributed by atoms with E-state index in [-0.39, 0.29) is 16.4 Å². The number of alkyl halides is 1. The van der Waals surface area contributed by atoms with Gasteiger partial charge in [-0.2, -0.15) is 0 Å². The number of rotatable bonds is 5. The highest BCUT2D eigenvalue weighted by molar-refractivity contribution is 14.1. The Morgan fingerprint density at radius 1 is 1.45 bits per heavy atom. The molecule has 1 atom stereocenters. The van der Waals surface area contributed by atoms with Crippen LogP contribution in [0.5, 0.6) is 0 Å². The third-order valence-electron chi connectivity index (χ3n) is 2.61. The van der Waals surface area contributed by atoms with Gasteiger partial charge >= 0.3 is 6.09 Å². The molecule has 0 saturated carbocycles. The minimum absolute atomic E-state index is 0.224. The Labute approximate surface area is 132 Å². The molecule has 108 valence electrons. The number of hydrogen-bond donors (Lipinski definition) is 0. The van der Waals surface area contributed by atoms with Gasteiger partial charge in [-0.05, 0) is 31.9 Å². The van der Waals surface area contributed by atoms with E-state index in [2.05, 4.69) is 6.58 Å². The second-order valence-electron chi connectivity index (χ2n) is 4.11. The summed E-state index contributed by atoms with van der Waals surface area (Å²) in [6, 6.07) is 7.27. The van der Waals surface area contributed by atoms with Crippen molar-refractivity contribution in [2.75, 3.05) is 11.5 Å². The van der Waals surface area contributed by atoms with Gasteiger partial charge < -0.3 is 4.74 Å². The number of amides is 2. The molecule has 2 amide bonds. The second-order valence-corrected chi connectivity index (χ2v) is 5.98. The highest BCUT2D eigenvalue weighted by Gasteiger charge is 2.28. The number of benzene rings is 1. The summed E-state index contributed by atoms with van der Waals surface area (Å²) in [5.74, 6) is -0.291. The second kappa shape index (κ2) is 8.04. The van der Waals surface area contributed by atoms with Crippen LogP contribution in [-0.4, -0.2) is 22.5 Å². The molecule has 0 heterocycles. The van der Waals surface area contributed by atoms with Crippen molar-refractivity contribution in [3.8, 4) is 0 Å². The average molecular weight is 387 g/mol. The molecule has 0 saturated heterocycles. The van der Waals surface area contributed by atoms with Crippen LogP contribution in [0.25, 0.3) is 0 Å². The fourth-order valence-electron chi connectivity index (χ4n) is 1.73. The van der Waals surface area contributed by atoms with Crippen LogP contribution in [0.1, 0.15) is 19.4 Å². The third-order valence-corrected chi connectivity index (χ3v) is 3.14. The van der Waals surface area contributed by atoms with E-state index in [1.54, 1.807) is 32.1 Å². The molecule has 0 aliphatic rings. The maximum Gasteiger partial charge on any atom is 0.421 e. The van der Waals surface area contributed by atoms with E-state index in [0.717, 1.165) is 10.5 Å². The van der Waals surface area contributed by atoms with Crippen LogP contribution in [0.15, 0.2) is 36.9 Å². The van der Waals surface area contributed by atoms with E-state index in [9.17, 15) is 9.59 Å². The number of anilines is 1. The Bertz CT molecular complexity index is 500. The maximum absolute atomic E-state index is 12.3. The van der Waals surface area contributed by atoms with Crippen molar-refractivity contribution in [2.24, 2.45) is 0 Å². The first-order valence-electron chi connectivity index (χ1n) is 6.36. The van der Waals surface area contributed by atoms with Gasteiger partial charge in [0.2, 0.25) is 5.91 Å². The molecular formula is C15H18INO3. The van der Waals surface area contributed by atoms with E-state index in [0.29, 0.717) is 12.1 Å². The fraction of sp³-hybridized carbons (Fsp3) is 0.333. The molecule has 5 heteroatoms. The van der Waals surface area contributed by atoms with Crippen molar-refractivity contribution < 1.29 is 14.3 Å². The zero-order chi connectivity index (χ0) is 15.1. The molecule has 4 nitrogen and oxygen atoms in total. The van der Waals surface area contributed by atoms with Crippen molar-refractivity contribution in [1.29, 1.82) is 0 Å². The largest absolute Gasteiger partial charge is 0.449 e. The lowest BCUT2D eigenvalue weighted by molar-refractivity contribution is -0.117. The van der Waals surface area contributed by atoms with Crippen LogP contribution >= 0.6 is 22.6 Å². The smallest absolute Gasteiger partial charge is 0.421 e. The Kier molecular flexibility index (Phi) is 6.70. The van der Waals surface area contributed by atoms with Crippen LogP contribution in [0.2, 0.25) is 0 Å². The number of hydrogen-bond acceptors (Lipinski definition) is 3. The van der Waals surface area contributed by atoms with Gasteiger partial charge in [0, 0.05) is 0 Å².